The fourth-order valence-corrected chi connectivity index (χ4v) is 1.27. The molecule has 0 saturated carbocycles. The SMILES string of the molecule is CCCCCSCOC=O. The molecule has 10 heavy (non-hydrogen) atoms. The molecule has 0 aromatic heterocycles. The summed E-state index contributed by atoms with van der Waals surface area (Å²) >= 11 is 1.66. The number of rotatable bonds is 7. The summed E-state index contributed by atoms with van der Waals surface area (Å²) in [7, 11) is 0. The first-order valence-electron chi connectivity index (χ1n) is 3.54. The first-order valence-corrected chi connectivity index (χ1v) is 4.70. The van der Waals surface area contributed by atoms with Crippen LogP contribution >= 0.6 is 11.8 Å². The van der Waals surface area contributed by atoms with Crippen LogP contribution in [0.5, 0.6) is 0 Å². The predicted octanol–water partition coefficient (Wildman–Crippen LogP) is 2.04. The quantitative estimate of drug-likeness (QED) is 0.325. The molecule has 0 aliphatic rings. The molecule has 0 aromatic rings. The molecule has 0 unspecified atom stereocenters. The number of thioether (sulfide) groups is 1. The maximum absolute atomic E-state index is 9.66. The molecule has 0 radical (unpaired) electrons. The van der Waals surface area contributed by atoms with Crippen molar-refractivity contribution in [2.45, 2.75) is 26.2 Å². The second kappa shape index (κ2) is 8.82. The maximum Gasteiger partial charge on any atom is 0.293 e. The van der Waals surface area contributed by atoms with Crippen LogP contribution in [0.4, 0.5) is 0 Å². The van der Waals surface area contributed by atoms with Crippen molar-refractivity contribution in [2.24, 2.45) is 0 Å². The summed E-state index contributed by atoms with van der Waals surface area (Å²) in [5.74, 6) is 1.61. The van der Waals surface area contributed by atoms with Gasteiger partial charge in [0.2, 0.25) is 0 Å². The number of ether oxygens (including phenoxy) is 1. The van der Waals surface area contributed by atoms with E-state index < -0.39 is 0 Å². The van der Waals surface area contributed by atoms with Crippen LogP contribution < -0.4 is 0 Å². The predicted molar refractivity (Wildman–Crippen MR) is 44.0 cm³/mol. The molecule has 0 fully saturated rings. The highest BCUT2D eigenvalue weighted by Crippen LogP contribution is 2.05. The van der Waals surface area contributed by atoms with Gasteiger partial charge in [-0.2, -0.15) is 0 Å². The van der Waals surface area contributed by atoms with E-state index in [1.165, 1.54) is 19.3 Å². The number of hydrogen-bond donors (Lipinski definition) is 0. The molecule has 0 rings (SSSR count). The van der Waals surface area contributed by atoms with Gasteiger partial charge in [-0.3, -0.25) is 4.79 Å². The number of hydrogen-bond acceptors (Lipinski definition) is 3. The second-order valence-corrected chi connectivity index (χ2v) is 3.05. The van der Waals surface area contributed by atoms with Gasteiger partial charge in [-0.1, -0.05) is 19.8 Å². The molecule has 0 saturated heterocycles. The number of carbonyl (C=O) groups is 1. The normalized spacial score (nSPS) is 9.30. The molecule has 3 heteroatoms. The van der Waals surface area contributed by atoms with E-state index in [9.17, 15) is 4.79 Å². The van der Waals surface area contributed by atoms with Crippen LogP contribution in [0.15, 0.2) is 0 Å². The molecule has 0 amide bonds. The molecule has 0 heterocycles. The summed E-state index contributed by atoms with van der Waals surface area (Å²) < 4.78 is 4.50. The fourth-order valence-electron chi connectivity index (χ4n) is 0.589. The minimum absolute atomic E-state index is 0.493. The Morgan fingerprint density at radius 3 is 2.90 bits per heavy atom. The van der Waals surface area contributed by atoms with E-state index in [1.807, 2.05) is 0 Å². The summed E-state index contributed by atoms with van der Waals surface area (Å²) in [4.78, 5) is 9.66. The van der Waals surface area contributed by atoms with Crippen molar-refractivity contribution in [3.63, 3.8) is 0 Å². The van der Waals surface area contributed by atoms with E-state index in [1.54, 1.807) is 11.8 Å². The van der Waals surface area contributed by atoms with E-state index in [2.05, 4.69) is 11.7 Å². The van der Waals surface area contributed by atoms with Gasteiger partial charge >= 0.3 is 0 Å². The van der Waals surface area contributed by atoms with Gasteiger partial charge < -0.3 is 4.74 Å². The highest BCUT2D eigenvalue weighted by molar-refractivity contribution is 7.99. The summed E-state index contributed by atoms with van der Waals surface area (Å²) in [5.41, 5.74) is 0. The van der Waals surface area contributed by atoms with Gasteiger partial charge in [-0.15, -0.1) is 11.8 Å². The molecule has 0 atom stereocenters. The van der Waals surface area contributed by atoms with Gasteiger partial charge in [0.1, 0.15) is 5.94 Å². The molecular formula is C7H14O2S. The van der Waals surface area contributed by atoms with Gasteiger partial charge in [0.05, 0.1) is 0 Å². The van der Waals surface area contributed by atoms with Crippen LogP contribution in [0.3, 0.4) is 0 Å². The first-order chi connectivity index (χ1) is 4.91. The third-order valence-electron chi connectivity index (χ3n) is 1.11. The molecule has 60 valence electrons. The lowest BCUT2D eigenvalue weighted by molar-refractivity contribution is -0.126. The van der Waals surface area contributed by atoms with E-state index in [-0.39, 0.29) is 0 Å². The Morgan fingerprint density at radius 1 is 1.50 bits per heavy atom. The van der Waals surface area contributed by atoms with Gasteiger partial charge in [0, 0.05) is 0 Å². The van der Waals surface area contributed by atoms with Crippen LogP contribution in [0.25, 0.3) is 0 Å². The van der Waals surface area contributed by atoms with Crippen molar-refractivity contribution in [1.29, 1.82) is 0 Å². The molecule has 0 aliphatic carbocycles. The molecule has 0 spiro atoms. The zero-order valence-corrected chi connectivity index (χ0v) is 7.15. The van der Waals surface area contributed by atoms with Gasteiger partial charge in [0.15, 0.2) is 0 Å². The van der Waals surface area contributed by atoms with E-state index in [0.29, 0.717) is 12.4 Å². The van der Waals surface area contributed by atoms with Crippen molar-refractivity contribution in [3.05, 3.63) is 0 Å². The van der Waals surface area contributed by atoms with E-state index >= 15 is 0 Å². The lowest BCUT2D eigenvalue weighted by Gasteiger charge is -1.97. The molecule has 0 N–H and O–H groups in total. The summed E-state index contributed by atoms with van der Waals surface area (Å²) in [6, 6.07) is 0. The van der Waals surface area contributed by atoms with Crippen molar-refractivity contribution in [1.82, 2.24) is 0 Å². The average molecular weight is 162 g/mol. The standard InChI is InChI=1S/C7H14O2S/c1-2-3-4-5-10-7-9-6-8/h6H,2-5,7H2,1H3. The monoisotopic (exact) mass is 162 g/mol. The Morgan fingerprint density at radius 2 is 2.30 bits per heavy atom. The van der Waals surface area contributed by atoms with Crippen LogP contribution in [0.2, 0.25) is 0 Å². The van der Waals surface area contributed by atoms with Crippen LogP contribution in [0, 0.1) is 0 Å². The Balaban J connectivity index is 2.70. The molecule has 0 bridgehead atoms. The van der Waals surface area contributed by atoms with E-state index in [0.717, 1.165) is 5.75 Å². The van der Waals surface area contributed by atoms with Gasteiger partial charge in [0.25, 0.3) is 6.47 Å². The minimum Gasteiger partial charge on any atom is -0.457 e. The third-order valence-corrected chi connectivity index (χ3v) is 1.99. The zero-order chi connectivity index (χ0) is 7.66. The van der Waals surface area contributed by atoms with Crippen molar-refractivity contribution in [2.75, 3.05) is 11.7 Å². The topological polar surface area (TPSA) is 26.3 Å². The zero-order valence-electron chi connectivity index (χ0n) is 6.34. The van der Waals surface area contributed by atoms with Crippen molar-refractivity contribution < 1.29 is 9.53 Å². The van der Waals surface area contributed by atoms with Crippen LogP contribution in [-0.4, -0.2) is 18.2 Å². The summed E-state index contributed by atoms with van der Waals surface area (Å²) in [6.45, 7) is 2.67. The van der Waals surface area contributed by atoms with Crippen molar-refractivity contribution in [3.8, 4) is 0 Å². The van der Waals surface area contributed by atoms with Crippen LogP contribution in [0.1, 0.15) is 26.2 Å². The average Bonchev–Trinajstić information content (AvgIpc) is 1.97. The molecular weight excluding hydrogens is 148 g/mol. The minimum atomic E-state index is 0.493. The Hall–Kier alpha value is -0.180. The Bertz CT molecular complexity index is 76.0. The Kier molecular flexibility index (Phi) is 8.66. The van der Waals surface area contributed by atoms with Crippen molar-refractivity contribution >= 4 is 18.2 Å². The number of carbonyl (C=O) groups excluding carboxylic acids is 1. The largest absolute Gasteiger partial charge is 0.457 e. The van der Waals surface area contributed by atoms with Gasteiger partial charge in [-0.25, -0.2) is 0 Å². The maximum atomic E-state index is 9.66. The first kappa shape index (κ1) is 9.82. The van der Waals surface area contributed by atoms with Gasteiger partial charge in [-0.05, 0) is 12.2 Å². The highest BCUT2D eigenvalue weighted by atomic mass is 32.2. The highest BCUT2D eigenvalue weighted by Gasteiger charge is 1.87. The second-order valence-electron chi connectivity index (χ2n) is 2.00. The lowest BCUT2D eigenvalue weighted by atomic mass is 10.3. The third kappa shape index (κ3) is 7.82. The van der Waals surface area contributed by atoms with Crippen LogP contribution in [-0.2, 0) is 9.53 Å². The number of unbranched alkanes of at least 4 members (excludes halogenated alkanes) is 2. The lowest BCUT2D eigenvalue weighted by Crippen LogP contribution is -1.87. The molecule has 2 nitrogen and oxygen atoms in total. The molecule has 0 aromatic carbocycles. The Labute approximate surface area is 66.3 Å². The summed E-state index contributed by atoms with van der Waals surface area (Å²) in [6.07, 6.45) is 3.74. The smallest absolute Gasteiger partial charge is 0.293 e. The van der Waals surface area contributed by atoms with E-state index in [4.69, 9.17) is 0 Å². The summed E-state index contributed by atoms with van der Waals surface area (Å²) in [5, 5.41) is 0. The fraction of sp³-hybridized carbons (Fsp3) is 0.857. The molecule has 0 aliphatic heterocycles.